The number of aryl methyl sites for hydroxylation is 1. The maximum atomic E-state index is 12.1. The predicted octanol–water partition coefficient (Wildman–Crippen LogP) is 8.87. The third-order valence-electron chi connectivity index (χ3n) is 10.2. The van der Waals surface area contributed by atoms with Crippen LogP contribution in [0.15, 0.2) is 36.4 Å². The van der Waals surface area contributed by atoms with Crippen LogP contribution in [0.25, 0.3) is 0 Å². The van der Waals surface area contributed by atoms with Crippen molar-refractivity contribution in [3.63, 3.8) is 0 Å². The number of esters is 1. The predicted molar refractivity (Wildman–Crippen MR) is 172 cm³/mol. The second-order valence-electron chi connectivity index (χ2n) is 13.1. The monoisotopic (exact) mass is 579 g/mol. The number of nitrogens with zero attached hydrogens (tertiary/aromatic N) is 1. The Bertz CT molecular complexity index is 1040. The number of unbranched alkanes of at least 4 members (excludes halogenated alkanes) is 3. The molecule has 0 saturated heterocycles. The van der Waals surface area contributed by atoms with Crippen LogP contribution >= 0.6 is 0 Å². The zero-order chi connectivity index (χ0) is 30.6. The molecule has 4 aliphatic carbocycles. The van der Waals surface area contributed by atoms with E-state index in [0.717, 1.165) is 55.5 Å². The van der Waals surface area contributed by atoms with E-state index in [9.17, 15) is 14.4 Å². The summed E-state index contributed by atoms with van der Waals surface area (Å²) in [7, 11) is 1.86. The van der Waals surface area contributed by atoms with Gasteiger partial charge in [0, 0.05) is 43.8 Å². The maximum Gasteiger partial charge on any atom is 0.302 e. The highest BCUT2D eigenvalue weighted by molar-refractivity contribution is 5.94. The van der Waals surface area contributed by atoms with Gasteiger partial charge in [-0.15, -0.1) is 0 Å². The van der Waals surface area contributed by atoms with Crippen molar-refractivity contribution in [1.29, 1.82) is 0 Å². The number of benzene rings is 1. The number of amides is 1. The van der Waals surface area contributed by atoms with E-state index in [2.05, 4.69) is 32.9 Å². The zero-order valence-corrected chi connectivity index (χ0v) is 27.3. The van der Waals surface area contributed by atoms with E-state index < -0.39 is 0 Å². The molecule has 2 bridgehead atoms. The smallest absolute Gasteiger partial charge is 0.302 e. The summed E-state index contributed by atoms with van der Waals surface area (Å²) in [4.78, 5) is 36.1. The number of carbonyl (C=O) groups is 3. The van der Waals surface area contributed by atoms with Gasteiger partial charge in [0.1, 0.15) is 11.9 Å². The molecule has 0 aliphatic heterocycles. The molecule has 1 amide bonds. The molecule has 5 nitrogen and oxygen atoms in total. The molecule has 5 heteroatoms. The zero-order valence-electron chi connectivity index (χ0n) is 27.3. The molecule has 0 spiro atoms. The molecule has 0 heterocycles. The first-order chi connectivity index (χ1) is 20.2. The largest absolute Gasteiger partial charge is 0.462 e. The molecule has 0 N–H and O–H groups in total. The summed E-state index contributed by atoms with van der Waals surface area (Å²) in [6, 6.07) is 8.05. The van der Waals surface area contributed by atoms with Crippen LogP contribution in [0, 0.1) is 42.4 Å². The van der Waals surface area contributed by atoms with Crippen molar-refractivity contribution in [1.82, 2.24) is 0 Å². The van der Waals surface area contributed by atoms with Gasteiger partial charge in [-0.1, -0.05) is 70.7 Å². The normalized spacial score (nSPS) is 26.8. The first-order valence-electron chi connectivity index (χ1n) is 16.9. The molecule has 4 aliphatic rings. The highest BCUT2D eigenvalue weighted by atomic mass is 16.5. The summed E-state index contributed by atoms with van der Waals surface area (Å²) < 4.78 is 5.38. The Kier molecular flexibility index (Phi) is 13.8. The van der Waals surface area contributed by atoms with Gasteiger partial charge in [-0.25, -0.2) is 0 Å². The fraction of sp³-hybridized carbons (Fsp3) is 0.703. The van der Waals surface area contributed by atoms with Crippen molar-refractivity contribution in [2.45, 2.75) is 124 Å². The molecule has 0 aromatic heterocycles. The van der Waals surface area contributed by atoms with Gasteiger partial charge in [-0.05, 0) is 93.7 Å². The SMILES string of the molecule is CC(=O)OC1CC2CC1C1C=CCC21.CCC(CC)C(=O)N(C)c1cccc(C)c1.CCCCCCC1CCCC1=O. The van der Waals surface area contributed by atoms with Gasteiger partial charge in [0.05, 0.1) is 0 Å². The number of Topliss-reactive ketones (excluding diaryl/α,β-unsaturated/α-hetero) is 1. The van der Waals surface area contributed by atoms with Crippen molar-refractivity contribution in [2.24, 2.45) is 35.5 Å². The Morgan fingerprint density at radius 1 is 1.05 bits per heavy atom. The number of allylic oxidation sites excluding steroid dienone is 2. The molecule has 1 aromatic carbocycles. The van der Waals surface area contributed by atoms with Gasteiger partial charge in [-0.2, -0.15) is 0 Å². The summed E-state index contributed by atoms with van der Waals surface area (Å²) in [5.41, 5.74) is 2.17. The minimum atomic E-state index is -0.110. The van der Waals surface area contributed by atoms with Crippen LogP contribution < -0.4 is 4.90 Å². The van der Waals surface area contributed by atoms with Crippen molar-refractivity contribution >= 4 is 23.3 Å². The van der Waals surface area contributed by atoms with Crippen LogP contribution in [0.1, 0.15) is 117 Å². The standard InChI is InChI=1S/C14H21NO.C12H16O2.C11H20O/c1-5-12(6-2)14(16)15(4)13-9-7-8-11(3)10-13;1-7(13)14-12-6-8-5-11(12)10-4-2-3-9(8)10;1-2-3-4-5-7-10-8-6-9-11(10)12/h7-10,12H,5-6H2,1-4H3;2,4,8-12H,3,5-6H2,1H3;10H,2-9H2,1H3. The van der Waals surface area contributed by atoms with Crippen LogP contribution in [0.2, 0.25) is 0 Å². The van der Waals surface area contributed by atoms with Gasteiger partial charge in [0.15, 0.2) is 0 Å². The second kappa shape index (κ2) is 17.0. The van der Waals surface area contributed by atoms with Gasteiger partial charge < -0.3 is 9.64 Å². The molecule has 5 rings (SSSR count). The molecule has 6 unspecified atom stereocenters. The maximum absolute atomic E-state index is 12.1. The number of ketones is 1. The lowest BCUT2D eigenvalue weighted by Crippen LogP contribution is -2.32. The van der Waals surface area contributed by atoms with Crippen LogP contribution in [-0.2, 0) is 19.1 Å². The highest BCUT2D eigenvalue weighted by Crippen LogP contribution is 2.57. The van der Waals surface area contributed by atoms with Gasteiger partial charge in [0.2, 0.25) is 5.91 Å². The Hall–Kier alpha value is -2.43. The number of rotatable bonds is 10. The lowest BCUT2D eigenvalue weighted by Gasteiger charge is -2.30. The molecule has 42 heavy (non-hydrogen) atoms. The number of fused-ring (bicyclic) bond motifs is 5. The summed E-state index contributed by atoms with van der Waals surface area (Å²) >= 11 is 0. The lowest BCUT2D eigenvalue weighted by atomic mass is 9.80. The number of carbonyl (C=O) groups excluding carboxylic acids is 3. The molecule has 3 saturated carbocycles. The first-order valence-corrected chi connectivity index (χ1v) is 16.9. The van der Waals surface area contributed by atoms with E-state index >= 15 is 0 Å². The minimum Gasteiger partial charge on any atom is -0.462 e. The molecule has 6 atom stereocenters. The minimum absolute atomic E-state index is 0.110. The van der Waals surface area contributed by atoms with E-state index in [0.29, 0.717) is 17.6 Å². The van der Waals surface area contributed by atoms with Crippen LogP contribution in [-0.4, -0.2) is 30.8 Å². The summed E-state index contributed by atoms with van der Waals surface area (Å²) in [6.45, 7) is 9.92. The Balaban J connectivity index is 0.000000175. The molecule has 0 radical (unpaired) electrons. The van der Waals surface area contributed by atoms with E-state index in [-0.39, 0.29) is 23.9 Å². The molecular weight excluding hydrogens is 522 g/mol. The van der Waals surface area contributed by atoms with E-state index in [1.807, 2.05) is 38.2 Å². The average molecular weight is 580 g/mol. The summed E-state index contributed by atoms with van der Waals surface area (Å²) in [5.74, 6) is 4.29. The average Bonchev–Trinajstić information content (AvgIpc) is 3.76. The molecule has 3 fully saturated rings. The van der Waals surface area contributed by atoms with Crippen molar-refractivity contribution in [2.75, 3.05) is 11.9 Å². The Morgan fingerprint density at radius 3 is 2.43 bits per heavy atom. The van der Waals surface area contributed by atoms with Gasteiger partial charge in [-0.3, -0.25) is 14.4 Å². The number of hydrogen-bond donors (Lipinski definition) is 0. The number of hydrogen-bond acceptors (Lipinski definition) is 4. The van der Waals surface area contributed by atoms with Crippen molar-refractivity contribution < 1.29 is 19.1 Å². The van der Waals surface area contributed by atoms with Gasteiger partial charge >= 0.3 is 5.97 Å². The number of anilines is 1. The number of ether oxygens (including phenoxy) is 1. The topological polar surface area (TPSA) is 63.7 Å². The van der Waals surface area contributed by atoms with Crippen molar-refractivity contribution in [3.8, 4) is 0 Å². The quantitative estimate of drug-likeness (QED) is 0.158. The fourth-order valence-corrected chi connectivity index (χ4v) is 7.72. The molecule has 234 valence electrons. The Morgan fingerprint density at radius 2 is 1.81 bits per heavy atom. The fourth-order valence-electron chi connectivity index (χ4n) is 7.72. The van der Waals surface area contributed by atoms with Crippen molar-refractivity contribution in [3.05, 3.63) is 42.0 Å². The van der Waals surface area contributed by atoms with Crippen LogP contribution in [0.3, 0.4) is 0 Å². The van der Waals surface area contributed by atoms with E-state index in [1.165, 1.54) is 63.9 Å². The van der Waals surface area contributed by atoms with Crippen LogP contribution in [0.4, 0.5) is 5.69 Å². The lowest BCUT2D eigenvalue weighted by molar-refractivity contribution is -0.150. The summed E-state index contributed by atoms with van der Waals surface area (Å²) in [5, 5.41) is 0. The van der Waals surface area contributed by atoms with Gasteiger partial charge in [0.25, 0.3) is 0 Å². The molecule has 1 aromatic rings. The van der Waals surface area contributed by atoms with E-state index in [4.69, 9.17) is 4.74 Å². The second-order valence-corrected chi connectivity index (χ2v) is 13.1. The third kappa shape index (κ3) is 9.28. The highest BCUT2D eigenvalue weighted by Gasteiger charge is 2.53. The van der Waals surface area contributed by atoms with Crippen LogP contribution in [0.5, 0.6) is 0 Å². The van der Waals surface area contributed by atoms with E-state index in [1.54, 1.807) is 4.90 Å². The Labute approximate surface area is 255 Å². The summed E-state index contributed by atoms with van der Waals surface area (Å²) in [6.07, 6.45) is 19.9. The first kappa shape index (κ1) is 34.1. The third-order valence-corrected chi connectivity index (χ3v) is 10.2. The molecular formula is C37H57NO4.